The minimum atomic E-state index is -0.221. The number of benzene rings is 1. The van der Waals surface area contributed by atoms with E-state index in [2.05, 4.69) is 15.6 Å². The standard InChI is InChI=1S/C16H18ClN3O/c1-4-18-15-13(17)8-12(9-19-15)16(21)20-14-7-5-6-10(2)11(14)3/h5-9H,4H2,1-3H3,(H,18,19)(H,20,21). The van der Waals surface area contributed by atoms with Crippen molar-refractivity contribution in [1.82, 2.24) is 4.98 Å². The van der Waals surface area contributed by atoms with E-state index in [9.17, 15) is 4.79 Å². The molecule has 0 saturated heterocycles. The molecular weight excluding hydrogens is 286 g/mol. The molecule has 0 aliphatic heterocycles. The predicted molar refractivity (Wildman–Crippen MR) is 87.3 cm³/mol. The fourth-order valence-electron chi connectivity index (χ4n) is 1.94. The van der Waals surface area contributed by atoms with Crippen LogP contribution >= 0.6 is 11.6 Å². The fraction of sp³-hybridized carbons (Fsp3) is 0.250. The van der Waals surface area contributed by atoms with Gasteiger partial charge in [-0.1, -0.05) is 23.7 Å². The van der Waals surface area contributed by atoms with Crippen LogP contribution in [0.5, 0.6) is 0 Å². The molecule has 2 N–H and O–H groups in total. The number of rotatable bonds is 4. The third kappa shape index (κ3) is 3.52. The molecule has 0 atom stereocenters. The molecule has 21 heavy (non-hydrogen) atoms. The molecule has 110 valence electrons. The van der Waals surface area contributed by atoms with Gasteiger partial charge in [0, 0.05) is 18.4 Å². The molecule has 0 saturated carbocycles. The van der Waals surface area contributed by atoms with Crippen LogP contribution in [0, 0.1) is 13.8 Å². The highest BCUT2D eigenvalue weighted by atomic mass is 35.5. The molecule has 0 radical (unpaired) electrons. The largest absolute Gasteiger partial charge is 0.369 e. The summed E-state index contributed by atoms with van der Waals surface area (Å²) in [5.41, 5.74) is 3.41. The van der Waals surface area contributed by atoms with Crippen LogP contribution in [0.15, 0.2) is 30.5 Å². The van der Waals surface area contributed by atoms with Crippen molar-refractivity contribution >= 4 is 29.0 Å². The average molecular weight is 304 g/mol. The SMILES string of the molecule is CCNc1ncc(C(=O)Nc2cccc(C)c2C)cc1Cl. The van der Waals surface area contributed by atoms with Gasteiger partial charge in [-0.3, -0.25) is 4.79 Å². The molecule has 4 nitrogen and oxygen atoms in total. The van der Waals surface area contributed by atoms with E-state index < -0.39 is 0 Å². The Balaban J connectivity index is 2.21. The van der Waals surface area contributed by atoms with Crippen LogP contribution < -0.4 is 10.6 Å². The van der Waals surface area contributed by atoms with E-state index in [0.717, 1.165) is 23.4 Å². The fourth-order valence-corrected chi connectivity index (χ4v) is 2.17. The number of carbonyl (C=O) groups is 1. The Morgan fingerprint density at radius 1 is 1.33 bits per heavy atom. The quantitative estimate of drug-likeness (QED) is 0.896. The van der Waals surface area contributed by atoms with Crippen molar-refractivity contribution in [3.8, 4) is 0 Å². The molecule has 1 heterocycles. The van der Waals surface area contributed by atoms with Gasteiger partial charge >= 0.3 is 0 Å². The van der Waals surface area contributed by atoms with Gasteiger partial charge in [0.15, 0.2) is 0 Å². The van der Waals surface area contributed by atoms with E-state index in [4.69, 9.17) is 11.6 Å². The minimum absolute atomic E-state index is 0.221. The zero-order valence-electron chi connectivity index (χ0n) is 12.3. The predicted octanol–water partition coefficient (Wildman–Crippen LogP) is 4.04. The van der Waals surface area contributed by atoms with Crippen molar-refractivity contribution in [3.05, 3.63) is 52.2 Å². The zero-order valence-corrected chi connectivity index (χ0v) is 13.1. The molecule has 5 heteroatoms. The molecule has 0 aliphatic rings. The summed E-state index contributed by atoms with van der Waals surface area (Å²) in [6.07, 6.45) is 1.52. The Morgan fingerprint density at radius 2 is 2.10 bits per heavy atom. The molecular formula is C16H18ClN3O. The van der Waals surface area contributed by atoms with Crippen LogP contribution in [-0.2, 0) is 0 Å². The number of hydrogen-bond donors (Lipinski definition) is 2. The topological polar surface area (TPSA) is 54.0 Å². The Kier molecular flexibility index (Phi) is 4.81. The normalized spacial score (nSPS) is 10.3. The van der Waals surface area contributed by atoms with Crippen LogP contribution in [0.3, 0.4) is 0 Å². The number of pyridine rings is 1. The maximum atomic E-state index is 12.3. The number of nitrogens with one attached hydrogen (secondary N) is 2. The van der Waals surface area contributed by atoms with Crippen molar-refractivity contribution in [3.63, 3.8) is 0 Å². The lowest BCUT2D eigenvalue weighted by Crippen LogP contribution is -2.14. The van der Waals surface area contributed by atoms with Crippen LogP contribution in [0.1, 0.15) is 28.4 Å². The number of hydrogen-bond acceptors (Lipinski definition) is 3. The van der Waals surface area contributed by atoms with E-state index in [1.54, 1.807) is 6.07 Å². The van der Waals surface area contributed by atoms with Gasteiger partial charge in [0.1, 0.15) is 5.82 Å². The van der Waals surface area contributed by atoms with Crippen molar-refractivity contribution in [2.75, 3.05) is 17.2 Å². The molecule has 0 unspecified atom stereocenters. The first-order valence-corrected chi connectivity index (χ1v) is 7.17. The lowest BCUT2D eigenvalue weighted by Gasteiger charge is -2.11. The number of carbonyl (C=O) groups excluding carboxylic acids is 1. The Morgan fingerprint density at radius 3 is 2.76 bits per heavy atom. The van der Waals surface area contributed by atoms with Gasteiger partial charge in [0.25, 0.3) is 5.91 Å². The summed E-state index contributed by atoms with van der Waals surface area (Å²) >= 11 is 6.11. The Labute approximate surface area is 129 Å². The summed E-state index contributed by atoms with van der Waals surface area (Å²) in [6.45, 7) is 6.67. The molecule has 0 aliphatic carbocycles. The number of anilines is 2. The maximum Gasteiger partial charge on any atom is 0.257 e. The highest BCUT2D eigenvalue weighted by molar-refractivity contribution is 6.33. The monoisotopic (exact) mass is 303 g/mol. The van der Waals surface area contributed by atoms with Crippen molar-refractivity contribution < 1.29 is 4.79 Å². The van der Waals surface area contributed by atoms with E-state index in [-0.39, 0.29) is 5.91 Å². The smallest absolute Gasteiger partial charge is 0.257 e. The van der Waals surface area contributed by atoms with Crippen LogP contribution in [-0.4, -0.2) is 17.4 Å². The molecule has 2 rings (SSSR count). The average Bonchev–Trinajstić information content (AvgIpc) is 2.46. The number of aryl methyl sites for hydroxylation is 1. The maximum absolute atomic E-state index is 12.3. The van der Waals surface area contributed by atoms with Crippen LogP contribution in [0.4, 0.5) is 11.5 Å². The summed E-state index contributed by atoms with van der Waals surface area (Å²) in [4.78, 5) is 16.4. The summed E-state index contributed by atoms with van der Waals surface area (Å²) < 4.78 is 0. The van der Waals surface area contributed by atoms with Gasteiger partial charge in [0.05, 0.1) is 10.6 Å². The summed E-state index contributed by atoms with van der Waals surface area (Å²) in [5, 5.41) is 6.36. The number of aromatic nitrogens is 1. The third-order valence-electron chi connectivity index (χ3n) is 3.30. The second-order valence-electron chi connectivity index (χ2n) is 4.79. The molecule has 1 aromatic heterocycles. The van der Waals surface area contributed by atoms with Gasteiger partial charge in [-0.15, -0.1) is 0 Å². The summed E-state index contributed by atoms with van der Waals surface area (Å²) in [6, 6.07) is 7.42. The lowest BCUT2D eigenvalue weighted by molar-refractivity contribution is 0.102. The first kappa shape index (κ1) is 15.3. The number of nitrogens with zero attached hydrogens (tertiary/aromatic N) is 1. The van der Waals surface area contributed by atoms with Crippen molar-refractivity contribution in [2.24, 2.45) is 0 Å². The van der Waals surface area contributed by atoms with Gasteiger partial charge < -0.3 is 10.6 Å². The van der Waals surface area contributed by atoms with E-state index in [1.807, 2.05) is 39.0 Å². The Bertz CT molecular complexity index is 671. The molecule has 1 aromatic carbocycles. The third-order valence-corrected chi connectivity index (χ3v) is 3.59. The van der Waals surface area contributed by atoms with Crippen LogP contribution in [0.25, 0.3) is 0 Å². The van der Waals surface area contributed by atoms with Crippen LogP contribution in [0.2, 0.25) is 5.02 Å². The lowest BCUT2D eigenvalue weighted by atomic mass is 10.1. The first-order valence-electron chi connectivity index (χ1n) is 6.80. The molecule has 2 aromatic rings. The van der Waals surface area contributed by atoms with E-state index in [0.29, 0.717) is 16.4 Å². The van der Waals surface area contributed by atoms with Crippen molar-refractivity contribution in [1.29, 1.82) is 0 Å². The highest BCUT2D eigenvalue weighted by Crippen LogP contribution is 2.22. The second kappa shape index (κ2) is 6.59. The first-order chi connectivity index (χ1) is 10.0. The van der Waals surface area contributed by atoms with Gasteiger partial charge in [-0.25, -0.2) is 4.98 Å². The highest BCUT2D eigenvalue weighted by Gasteiger charge is 2.11. The molecule has 0 fully saturated rings. The van der Waals surface area contributed by atoms with Gasteiger partial charge in [-0.2, -0.15) is 0 Å². The summed E-state index contributed by atoms with van der Waals surface area (Å²) in [7, 11) is 0. The van der Waals surface area contributed by atoms with Gasteiger partial charge in [0.2, 0.25) is 0 Å². The molecule has 0 spiro atoms. The number of halogens is 1. The van der Waals surface area contributed by atoms with E-state index in [1.165, 1.54) is 6.20 Å². The summed E-state index contributed by atoms with van der Waals surface area (Å²) in [5.74, 6) is 0.364. The minimum Gasteiger partial charge on any atom is -0.369 e. The molecule has 1 amide bonds. The zero-order chi connectivity index (χ0) is 15.4. The number of amides is 1. The van der Waals surface area contributed by atoms with E-state index >= 15 is 0 Å². The van der Waals surface area contributed by atoms with Gasteiger partial charge in [-0.05, 0) is 44.0 Å². The van der Waals surface area contributed by atoms with Crippen molar-refractivity contribution in [2.45, 2.75) is 20.8 Å². The molecule has 0 bridgehead atoms. The second-order valence-corrected chi connectivity index (χ2v) is 5.19. The Hall–Kier alpha value is -2.07.